The van der Waals surface area contributed by atoms with Crippen LogP contribution in [0.3, 0.4) is 0 Å². The molecule has 11 heteroatoms. The van der Waals surface area contributed by atoms with Crippen LogP contribution in [0, 0.1) is 18.3 Å². The Labute approximate surface area is 194 Å². The molecule has 0 aliphatic carbocycles. The van der Waals surface area contributed by atoms with Crippen LogP contribution >= 0.6 is 0 Å². The van der Waals surface area contributed by atoms with Crippen LogP contribution in [-0.2, 0) is 26.4 Å². The van der Waals surface area contributed by atoms with Crippen molar-refractivity contribution in [3.05, 3.63) is 66.7 Å². The average molecular weight is 488 g/mol. The van der Waals surface area contributed by atoms with Gasteiger partial charge < -0.3 is 9.88 Å². The van der Waals surface area contributed by atoms with E-state index in [9.17, 15) is 16.8 Å². The molecule has 0 saturated heterocycles. The summed E-state index contributed by atoms with van der Waals surface area (Å²) in [5.41, 5.74) is 1.14. The number of sulfone groups is 1. The van der Waals surface area contributed by atoms with Crippen LogP contribution in [0.15, 0.2) is 75.9 Å². The van der Waals surface area contributed by atoms with Gasteiger partial charge in [-0.3, -0.25) is 0 Å². The fourth-order valence-corrected chi connectivity index (χ4v) is 5.86. The number of aryl methyl sites for hydroxylation is 2. The molecule has 3 aromatic rings. The molecule has 0 atom stereocenters. The monoisotopic (exact) mass is 487 g/mol. The zero-order valence-electron chi connectivity index (χ0n) is 18.1. The number of benzene rings is 2. The highest BCUT2D eigenvalue weighted by Crippen LogP contribution is 2.26. The van der Waals surface area contributed by atoms with Crippen molar-refractivity contribution in [3.8, 4) is 6.07 Å². The van der Waals surface area contributed by atoms with Crippen molar-refractivity contribution in [3.63, 3.8) is 0 Å². The topological polar surface area (TPSA) is 134 Å². The molecule has 0 spiro atoms. The lowest BCUT2D eigenvalue weighted by Crippen LogP contribution is -2.26. The zero-order valence-corrected chi connectivity index (χ0v) is 19.7. The van der Waals surface area contributed by atoms with E-state index >= 15 is 0 Å². The number of hydrogen-bond donors (Lipinski definition) is 2. The predicted molar refractivity (Wildman–Crippen MR) is 124 cm³/mol. The number of rotatable bonds is 11. The van der Waals surface area contributed by atoms with Crippen molar-refractivity contribution in [2.45, 2.75) is 41.0 Å². The number of nitrogens with one attached hydrogen (secondary N) is 2. The minimum atomic E-state index is -3.92. The van der Waals surface area contributed by atoms with Gasteiger partial charge in [-0.15, -0.1) is 0 Å². The van der Waals surface area contributed by atoms with Gasteiger partial charge in [0.1, 0.15) is 0 Å². The molecule has 3 rings (SSSR count). The molecule has 0 bridgehead atoms. The Bertz CT molecular complexity index is 1330. The first-order valence-electron chi connectivity index (χ1n) is 10.3. The minimum Gasteiger partial charge on any atom is -0.384 e. The number of hydrogen-bond acceptors (Lipinski definition) is 7. The normalized spacial score (nSPS) is 11.8. The van der Waals surface area contributed by atoms with E-state index in [4.69, 9.17) is 5.26 Å². The smallest absolute Gasteiger partial charge is 0.240 e. The van der Waals surface area contributed by atoms with Crippen LogP contribution in [0.1, 0.15) is 18.4 Å². The average Bonchev–Trinajstić information content (AvgIpc) is 3.31. The van der Waals surface area contributed by atoms with Crippen molar-refractivity contribution < 1.29 is 16.8 Å². The molecule has 1 aromatic heterocycles. The van der Waals surface area contributed by atoms with Gasteiger partial charge in [-0.1, -0.05) is 6.07 Å². The fourth-order valence-electron chi connectivity index (χ4n) is 3.15. The summed E-state index contributed by atoms with van der Waals surface area (Å²) < 4.78 is 56.3. The molecule has 0 amide bonds. The predicted octanol–water partition coefficient (Wildman–Crippen LogP) is 2.72. The van der Waals surface area contributed by atoms with Gasteiger partial charge in [0.25, 0.3) is 0 Å². The highest BCUT2D eigenvalue weighted by Gasteiger charge is 2.23. The van der Waals surface area contributed by atoms with Crippen LogP contribution < -0.4 is 10.0 Å². The van der Waals surface area contributed by atoms with E-state index < -0.39 is 19.9 Å². The molecular formula is C22H25N5O4S2. The molecule has 0 aliphatic heterocycles. The fraction of sp³-hybridized carbons (Fsp3) is 0.273. The highest BCUT2D eigenvalue weighted by atomic mass is 32.2. The maximum absolute atomic E-state index is 13.1. The molecule has 0 radical (unpaired) electrons. The zero-order chi connectivity index (χ0) is 23.9. The van der Waals surface area contributed by atoms with Crippen molar-refractivity contribution in [2.75, 3.05) is 18.4 Å². The van der Waals surface area contributed by atoms with Gasteiger partial charge in [0.2, 0.25) is 19.9 Å². The summed E-state index contributed by atoms with van der Waals surface area (Å²) in [6.45, 7) is 2.89. The van der Waals surface area contributed by atoms with E-state index in [1.54, 1.807) is 37.8 Å². The second-order valence-electron chi connectivity index (χ2n) is 7.34. The maximum Gasteiger partial charge on any atom is 0.240 e. The third kappa shape index (κ3) is 6.19. The van der Waals surface area contributed by atoms with Gasteiger partial charge in [0.05, 0.1) is 33.5 Å². The molecule has 0 fully saturated rings. The van der Waals surface area contributed by atoms with E-state index in [1.807, 2.05) is 10.6 Å². The first kappa shape index (κ1) is 24.4. The SMILES string of the molecule is Cc1ccc(S(=O)(=O)c2ccc(NCCC#N)cc2)cc1S(=O)(=O)NCCCn1ccnc1. The molecule has 0 unspecified atom stereocenters. The van der Waals surface area contributed by atoms with Crippen LogP contribution in [0.5, 0.6) is 0 Å². The Morgan fingerprint density at radius 2 is 1.76 bits per heavy atom. The standard InChI is InChI=1S/C22H25N5O4S2/c1-18-4-7-21(32(28,29)20-8-5-19(6-9-20)25-11-2-10-23)16-22(18)33(30,31)26-12-3-14-27-15-13-24-17-27/h4-9,13,15-17,25-26H,2-3,11-12,14H2,1H3. The van der Waals surface area contributed by atoms with Crippen LogP contribution in [-0.4, -0.2) is 39.5 Å². The number of imidazole rings is 1. The summed E-state index contributed by atoms with van der Waals surface area (Å²) >= 11 is 0. The Morgan fingerprint density at radius 3 is 2.42 bits per heavy atom. The Balaban J connectivity index is 1.75. The second-order valence-corrected chi connectivity index (χ2v) is 11.0. The molecule has 33 heavy (non-hydrogen) atoms. The molecule has 2 aromatic carbocycles. The molecular weight excluding hydrogens is 462 g/mol. The van der Waals surface area contributed by atoms with Crippen LogP contribution in [0.2, 0.25) is 0 Å². The van der Waals surface area contributed by atoms with E-state index in [-0.39, 0.29) is 21.2 Å². The largest absolute Gasteiger partial charge is 0.384 e. The summed E-state index contributed by atoms with van der Waals surface area (Å²) in [7, 11) is -7.81. The van der Waals surface area contributed by atoms with Crippen molar-refractivity contribution in [1.82, 2.24) is 14.3 Å². The maximum atomic E-state index is 13.1. The van der Waals surface area contributed by atoms with Gasteiger partial charge in [-0.05, 0) is 55.3 Å². The third-order valence-electron chi connectivity index (χ3n) is 4.93. The Hall–Kier alpha value is -3.20. The van der Waals surface area contributed by atoms with E-state index in [2.05, 4.69) is 15.0 Å². The second kappa shape index (κ2) is 10.6. The number of sulfonamides is 1. The van der Waals surface area contributed by atoms with Gasteiger partial charge in [0, 0.05) is 37.7 Å². The first-order valence-corrected chi connectivity index (χ1v) is 13.2. The van der Waals surface area contributed by atoms with Crippen molar-refractivity contribution >= 4 is 25.5 Å². The van der Waals surface area contributed by atoms with E-state index in [0.717, 1.165) is 0 Å². The van der Waals surface area contributed by atoms with Gasteiger partial charge in [-0.2, -0.15) is 5.26 Å². The lowest BCUT2D eigenvalue weighted by Gasteiger charge is -2.12. The summed E-state index contributed by atoms with van der Waals surface area (Å²) in [6.07, 6.45) is 5.99. The first-order chi connectivity index (χ1) is 15.7. The van der Waals surface area contributed by atoms with Crippen LogP contribution in [0.25, 0.3) is 0 Å². The lowest BCUT2D eigenvalue weighted by atomic mass is 10.2. The molecule has 174 valence electrons. The van der Waals surface area contributed by atoms with E-state index in [1.165, 1.54) is 30.3 Å². The summed E-state index contributed by atoms with van der Waals surface area (Å²) in [5.74, 6) is 0. The lowest BCUT2D eigenvalue weighted by molar-refractivity contribution is 0.569. The third-order valence-corrected chi connectivity index (χ3v) is 8.30. The number of anilines is 1. The molecule has 0 aliphatic rings. The quantitative estimate of drug-likeness (QED) is 0.397. The Kier molecular flexibility index (Phi) is 7.86. The van der Waals surface area contributed by atoms with Crippen molar-refractivity contribution in [1.29, 1.82) is 5.26 Å². The minimum absolute atomic E-state index is 0.0498. The van der Waals surface area contributed by atoms with Crippen molar-refractivity contribution in [2.24, 2.45) is 0 Å². The van der Waals surface area contributed by atoms with Crippen LogP contribution in [0.4, 0.5) is 5.69 Å². The number of nitriles is 1. The molecule has 1 heterocycles. The van der Waals surface area contributed by atoms with Gasteiger partial charge in [-0.25, -0.2) is 26.5 Å². The van der Waals surface area contributed by atoms with Gasteiger partial charge in [0.15, 0.2) is 0 Å². The number of aromatic nitrogens is 2. The van der Waals surface area contributed by atoms with E-state index in [0.29, 0.717) is 37.2 Å². The molecule has 2 N–H and O–H groups in total. The van der Waals surface area contributed by atoms with Gasteiger partial charge >= 0.3 is 0 Å². The number of nitrogens with zero attached hydrogens (tertiary/aromatic N) is 3. The molecule has 9 nitrogen and oxygen atoms in total. The summed E-state index contributed by atoms with van der Waals surface area (Å²) in [6, 6.07) is 12.2. The summed E-state index contributed by atoms with van der Waals surface area (Å²) in [4.78, 5) is 3.82. The summed E-state index contributed by atoms with van der Waals surface area (Å²) in [5, 5.41) is 11.6. The Morgan fingerprint density at radius 1 is 1.03 bits per heavy atom. The highest BCUT2D eigenvalue weighted by molar-refractivity contribution is 7.91. The molecule has 0 saturated carbocycles.